The summed E-state index contributed by atoms with van der Waals surface area (Å²) in [5.41, 5.74) is 1.16. The molecule has 2 aromatic heterocycles. The highest BCUT2D eigenvalue weighted by atomic mass is 19.1. The third-order valence-corrected chi connectivity index (χ3v) is 4.53. The number of carbonyl (C=O) groups excluding carboxylic acids is 1. The second-order valence-electron chi connectivity index (χ2n) is 6.20. The van der Waals surface area contributed by atoms with Gasteiger partial charge in [-0.3, -0.25) is 9.80 Å². The average Bonchev–Trinajstić information content (AvgIpc) is 3.30. The van der Waals surface area contributed by atoms with E-state index in [0.717, 1.165) is 44.1 Å². The molecule has 1 aliphatic heterocycles. The predicted octanol–water partition coefficient (Wildman–Crippen LogP) is 2.47. The molecule has 1 saturated heterocycles. The summed E-state index contributed by atoms with van der Waals surface area (Å²) in [6.45, 7) is 1.61. The number of hydrogen-bond donors (Lipinski definition) is 1. The first-order valence-corrected chi connectivity index (χ1v) is 8.40. The minimum atomic E-state index is -0.579. The molecule has 6 nitrogen and oxygen atoms in total. The minimum Gasteiger partial charge on any atom is -0.355 e. The van der Waals surface area contributed by atoms with Crippen molar-refractivity contribution in [3.8, 4) is 11.3 Å². The highest BCUT2D eigenvalue weighted by Crippen LogP contribution is 2.30. The number of nitrogens with zero attached hydrogens (tertiary/aromatic N) is 4. The number of hydrogen-bond acceptors (Lipinski definition) is 4. The summed E-state index contributed by atoms with van der Waals surface area (Å²) in [5.74, 6) is -1.44. The highest BCUT2D eigenvalue weighted by Gasteiger charge is 2.23. The number of halogens is 2. The van der Waals surface area contributed by atoms with Crippen LogP contribution in [0.4, 0.5) is 8.78 Å². The number of nitrogens with one attached hydrogen (secondary N) is 1. The Bertz CT molecular complexity index is 995. The number of fused-ring (bicyclic) bond motifs is 1. The van der Waals surface area contributed by atoms with Crippen molar-refractivity contribution in [1.82, 2.24) is 20.2 Å². The van der Waals surface area contributed by atoms with E-state index in [0.29, 0.717) is 16.6 Å². The Morgan fingerprint density at radius 1 is 1.19 bits per heavy atom. The zero-order valence-corrected chi connectivity index (χ0v) is 14.2. The number of pyridine rings is 1. The van der Waals surface area contributed by atoms with Crippen LogP contribution in [0.1, 0.15) is 23.2 Å². The molecule has 0 atom stereocenters. The van der Waals surface area contributed by atoms with Crippen molar-refractivity contribution in [2.75, 3.05) is 25.1 Å². The van der Waals surface area contributed by atoms with Crippen LogP contribution in [0.25, 0.3) is 22.3 Å². The first-order valence-electron chi connectivity index (χ1n) is 8.40. The van der Waals surface area contributed by atoms with Gasteiger partial charge in [0.2, 0.25) is 0 Å². The maximum Gasteiger partial charge on any atom is 0.252 e. The molecule has 4 rings (SSSR count). The van der Waals surface area contributed by atoms with Gasteiger partial charge in [0, 0.05) is 31.9 Å². The van der Waals surface area contributed by atoms with Crippen LogP contribution in [0, 0.1) is 11.6 Å². The lowest BCUT2D eigenvalue weighted by Crippen LogP contribution is -2.32. The fraction of sp³-hybridized carbons (Fsp3) is 0.278. The molecular formula is C18H17F2N5O. The molecule has 1 amide bonds. The summed E-state index contributed by atoms with van der Waals surface area (Å²) in [7, 11) is 1.52. The highest BCUT2D eigenvalue weighted by molar-refractivity contribution is 6.00. The van der Waals surface area contributed by atoms with Crippen LogP contribution >= 0.6 is 0 Å². The first-order chi connectivity index (χ1) is 12.6. The van der Waals surface area contributed by atoms with E-state index in [9.17, 15) is 13.6 Å². The van der Waals surface area contributed by atoms with E-state index in [1.54, 1.807) is 10.9 Å². The Labute approximate surface area is 148 Å². The van der Waals surface area contributed by atoms with Gasteiger partial charge in [-0.1, -0.05) is 0 Å². The van der Waals surface area contributed by atoms with E-state index < -0.39 is 11.6 Å². The molecule has 0 aliphatic carbocycles. The van der Waals surface area contributed by atoms with E-state index in [-0.39, 0.29) is 17.2 Å². The molecular weight excluding hydrogens is 340 g/mol. The largest absolute Gasteiger partial charge is 0.355 e. The normalized spacial score (nSPS) is 14.2. The summed E-state index contributed by atoms with van der Waals surface area (Å²) in [6.07, 6.45) is 3.52. The van der Waals surface area contributed by atoms with Crippen molar-refractivity contribution < 1.29 is 13.6 Å². The topological polar surface area (TPSA) is 63.1 Å². The van der Waals surface area contributed by atoms with Gasteiger partial charge in [-0.25, -0.2) is 13.8 Å². The monoisotopic (exact) mass is 357 g/mol. The third kappa shape index (κ3) is 2.67. The molecule has 0 bridgehead atoms. The van der Waals surface area contributed by atoms with Crippen LogP contribution in [0.5, 0.6) is 0 Å². The lowest BCUT2D eigenvalue weighted by molar-refractivity contribution is 0.0963. The number of carbonyl (C=O) groups is 1. The molecule has 0 radical (unpaired) electrons. The van der Waals surface area contributed by atoms with E-state index in [1.807, 2.05) is 5.01 Å². The molecule has 0 unspecified atom stereocenters. The molecule has 3 heterocycles. The lowest BCUT2D eigenvalue weighted by Gasteiger charge is -2.17. The maximum atomic E-state index is 14.4. The molecule has 8 heteroatoms. The van der Waals surface area contributed by atoms with Gasteiger partial charge in [0.1, 0.15) is 17.3 Å². The Hall–Kier alpha value is -3.03. The van der Waals surface area contributed by atoms with E-state index in [2.05, 4.69) is 15.4 Å². The minimum absolute atomic E-state index is 0.0452. The van der Waals surface area contributed by atoms with Gasteiger partial charge >= 0.3 is 0 Å². The van der Waals surface area contributed by atoms with Crippen molar-refractivity contribution in [2.45, 2.75) is 12.8 Å². The molecule has 0 spiro atoms. The first kappa shape index (κ1) is 16.4. The zero-order valence-electron chi connectivity index (χ0n) is 14.2. The van der Waals surface area contributed by atoms with E-state index in [1.165, 1.54) is 13.2 Å². The van der Waals surface area contributed by atoms with Gasteiger partial charge in [0.15, 0.2) is 5.65 Å². The van der Waals surface area contributed by atoms with Gasteiger partial charge in [0.05, 0.1) is 10.9 Å². The quantitative estimate of drug-likeness (QED) is 0.782. The van der Waals surface area contributed by atoms with Crippen molar-refractivity contribution in [2.24, 2.45) is 0 Å². The Balaban J connectivity index is 1.97. The molecule has 26 heavy (non-hydrogen) atoms. The summed E-state index contributed by atoms with van der Waals surface area (Å²) in [6, 6.07) is 4.85. The maximum absolute atomic E-state index is 14.4. The van der Waals surface area contributed by atoms with Gasteiger partial charge in [-0.15, -0.1) is 5.10 Å². The summed E-state index contributed by atoms with van der Waals surface area (Å²) < 4.78 is 28.1. The van der Waals surface area contributed by atoms with Gasteiger partial charge in [-0.2, -0.15) is 4.79 Å². The molecule has 1 aromatic carbocycles. The van der Waals surface area contributed by atoms with Crippen LogP contribution < -0.4 is 10.3 Å². The van der Waals surface area contributed by atoms with Crippen molar-refractivity contribution in [1.29, 1.82) is 0 Å². The van der Waals surface area contributed by atoms with Gasteiger partial charge < -0.3 is 5.32 Å². The van der Waals surface area contributed by atoms with Crippen molar-refractivity contribution in [3.05, 3.63) is 47.7 Å². The Morgan fingerprint density at radius 3 is 2.69 bits per heavy atom. The van der Waals surface area contributed by atoms with E-state index in [4.69, 9.17) is 0 Å². The number of rotatable bonds is 3. The second kappa shape index (κ2) is 6.36. The SMILES string of the molecule is CNC(=O)c1cnc2c(c1)c(-c1cc(F)ccc1F)nn2N1CCCC1. The van der Waals surface area contributed by atoms with Crippen LogP contribution in [0.3, 0.4) is 0 Å². The van der Waals surface area contributed by atoms with E-state index >= 15 is 0 Å². The second-order valence-corrected chi connectivity index (χ2v) is 6.20. The molecule has 0 saturated carbocycles. The smallest absolute Gasteiger partial charge is 0.252 e. The fourth-order valence-electron chi connectivity index (χ4n) is 3.22. The summed E-state index contributed by atoms with van der Waals surface area (Å²) in [5, 5.41) is 9.56. The van der Waals surface area contributed by atoms with Crippen molar-refractivity contribution >= 4 is 16.9 Å². The Kier molecular flexibility index (Phi) is 4.02. The molecule has 3 aromatic rings. The van der Waals surface area contributed by atoms with Crippen LogP contribution in [0.15, 0.2) is 30.5 Å². The molecule has 1 fully saturated rings. The van der Waals surface area contributed by atoms with Crippen LogP contribution in [-0.2, 0) is 0 Å². The fourth-order valence-corrected chi connectivity index (χ4v) is 3.22. The summed E-state index contributed by atoms with van der Waals surface area (Å²) >= 11 is 0. The van der Waals surface area contributed by atoms with Crippen molar-refractivity contribution in [3.63, 3.8) is 0 Å². The van der Waals surface area contributed by atoms with Crippen LogP contribution in [-0.4, -0.2) is 40.9 Å². The Morgan fingerprint density at radius 2 is 1.96 bits per heavy atom. The molecule has 134 valence electrons. The van der Waals surface area contributed by atoms with Crippen LogP contribution in [0.2, 0.25) is 0 Å². The number of aromatic nitrogens is 3. The summed E-state index contributed by atoms with van der Waals surface area (Å²) in [4.78, 5) is 18.0. The zero-order chi connectivity index (χ0) is 18.3. The molecule has 1 aliphatic rings. The lowest BCUT2D eigenvalue weighted by atomic mass is 10.1. The average molecular weight is 357 g/mol. The third-order valence-electron chi connectivity index (χ3n) is 4.53. The predicted molar refractivity (Wildman–Crippen MR) is 93.5 cm³/mol. The molecule has 1 N–H and O–H groups in total. The number of benzene rings is 1. The van der Waals surface area contributed by atoms with Gasteiger partial charge in [-0.05, 0) is 37.1 Å². The standard InChI is InChI=1S/C18H17F2N5O/c1-21-18(26)11-8-14-16(13-9-12(19)4-5-15(13)20)23-25(17(14)22-10-11)24-6-2-3-7-24/h4-5,8-10H,2-3,6-7H2,1H3,(H,21,26). The number of amides is 1. The van der Waals surface area contributed by atoms with Gasteiger partial charge in [0.25, 0.3) is 5.91 Å².